The second-order valence-corrected chi connectivity index (χ2v) is 5.80. The minimum Gasteiger partial charge on any atom is -0.309 e. The van der Waals surface area contributed by atoms with Gasteiger partial charge in [0, 0.05) is 23.7 Å². The molecule has 1 unspecified atom stereocenters. The van der Waals surface area contributed by atoms with Gasteiger partial charge < -0.3 is 5.32 Å². The maximum atomic E-state index is 14.0. The highest BCUT2D eigenvalue weighted by atomic mass is 19.2. The topological polar surface area (TPSA) is 15.3 Å². The van der Waals surface area contributed by atoms with Crippen molar-refractivity contribution in [3.8, 4) is 0 Å². The smallest absolute Gasteiger partial charge is 0.163 e. The van der Waals surface area contributed by atoms with Crippen molar-refractivity contribution in [3.05, 3.63) is 35.4 Å². The van der Waals surface area contributed by atoms with Crippen LogP contribution in [0.25, 0.3) is 0 Å². The van der Waals surface area contributed by atoms with Crippen LogP contribution >= 0.6 is 0 Å². The standard InChI is InChI=1S/C16H26F2N2/c1-6-16(3,4)20(5)11-14(19-7-2)12-9-8-10-13(17)15(12)18/h8-10,14,19H,6-7,11H2,1-5H3. The molecule has 0 amide bonds. The van der Waals surface area contributed by atoms with E-state index >= 15 is 0 Å². The van der Waals surface area contributed by atoms with Gasteiger partial charge in [0.1, 0.15) is 0 Å². The van der Waals surface area contributed by atoms with Gasteiger partial charge in [-0.3, -0.25) is 4.90 Å². The Hall–Kier alpha value is -1.00. The summed E-state index contributed by atoms with van der Waals surface area (Å²) in [5.74, 6) is -1.54. The monoisotopic (exact) mass is 284 g/mol. The quantitative estimate of drug-likeness (QED) is 0.820. The van der Waals surface area contributed by atoms with Gasteiger partial charge in [0.25, 0.3) is 0 Å². The number of likely N-dealkylation sites (N-methyl/N-ethyl adjacent to an activating group) is 2. The summed E-state index contributed by atoms with van der Waals surface area (Å²) >= 11 is 0. The maximum Gasteiger partial charge on any atom is 0.163 e. The first-order valence-electron chi connectivity index (χ1n) is 7.22. The first-order valence-corrected chi connectivity index (χ1v) is 7.22. The third-order valence-electron chi connectivity index (χ3n) is 4.16. The molecule has 0 aliphatic carbocycles. The predicted molar refractivity (Wildman–Crippen MR) is 79.8 cm³/mol. The first-order chi connectivity index (χ1) is 9.33. The molecule has 0 saturated heterocycles. The molecule has 0 aromatic heterocycles. The summed E-state index contributed by atoms with van der Waals surface area (Å²) in [7, 11) is 2.02. The van der Waals surface area contributed by atoms with Crippen molar-refractivity contribution in [2.24, 2.45) is 0 Å². The Kier molecular flexibility index (Phi) is 6.08. The van der Waals surface area contributed by atoms with Gasteiger partial charge in [0.2, 0.25) is 0 Å². The number of hydrogen-bond donors (Lipinski definition) is 1. The average Bonchev–Trinajstić information content (AvgIpc) is 2.41. The van der Waals surface area contributed by atoms with E-state index in [4.69, 9.17) is 0 Å². The number of hydrogen-bond acceptors (Lipinski definition) is 2. The Morgan fingerprint density at radius 2 is 1.90 bits per heavy atom. The van der Waals surface area contributed by atoms with Gasteiger partial charge in [-0.05, 0) is 39.9 Å². The lowest BCUT2D eigenvalue weighted by atomic mass is 9.97. The van der Waals surface area contributed by atoms with Gasteiger partial charge >= 0.3 is 0 Å². The molecule has 0 aliphatic rings. The molecule has 20 heavy (non-hydrogen) atoms. The van der Waals surface area contributed by atoms with Crippen LogP contribution in [0.15, 0.2) is 18.2 Å². The molecule has 0 saturated carbocycles. The summed E-state index contributed by atoms with van der Waals surface area (Å²) in [6, 6.07) is 4.15. The van der Waals surface area contributed by atoms with Crippen molar-refractivity contribution in [1.82, 2.24) is 10.2 Å². The highest BCUT2D eigenvalue weighted by molar-refractivity contribution is 5.23. The predicted octanol–water partition coefficient (Wildman–Crippen LogP) is 3.74. The van der Waals surface area contributed by atoms with Crippen molar-refractivity contribution >= 4 is 0 Å². The summed E-state index contributed by atoms with van der Waals surface area (Å²) in [6.07, 6.45) is 0.994. The van der Waals surface area contributed by atoms with Crippen LogP contribution in [0.3, 0.4) is 0 Å². The normalized spacial score (nSPS) is 13.8. The van der Waals surface area contributed by atoms with Crippen LogP contribution < -0.4 is 5.32 Å². The summed E-state index contributed by atoms with van der Waals surface area (Å²) in [5, 5.41) is 3.25. The lowest BCUT2D eigenvalue weighted by molar-refractivity contribution is 0.135. The third kappa shape index (κ3) is 4.00. The third-order valence-corrected chi connectivity index (χ3v) is 4.16. The van der Waals surface area contributed by atoms with Gasteiger partial charge in [0.15, 0.2) is 11.6 Å². The molecule has 1 rings (SSSR count). The van der Waals surface area contributed by atoms with E-state index in [0.29, 0.717) is 18.7 Å². The van der Waals surface area contributed by atoms with Gasteiger partial charge in [-0.15, -0.1) is 0 Å². The molecule has 0 spiro atoms. The van der Waals surface area contributed by atoms with Crippen molar-refractivity contribution in [2.45, 2.75) is 45.7 Å². The minimum atomic E-state index is -0.789. The van der Waals surface area contributed by atoms with Crippen LogP contribution in [0, 0.1) is 11.6 Å². The molecule has 1 aromatic rings. The Labute approximate surface area is 121 Å². The van der Waals surface area contributed by atoms with Gasteiger partial charge in [-0.2, -0.15) is 0 Å². The van der Waals surface area contributed by atoms with Gasteiger partial charge in [-0.25, -0.2) is 8.78 Å². The average molecular weight is 284 g/mol. The van der Waals surface area contributed by atoms with E-state index < -0.39 is 11.6 Å². The van der Waals surface area contributed by atoms with Crippen LogP contribution in [-0.2, 0) is 0 Å². The molecule has 0 radical (unpaired) electrons. The Bertz CT molecular complexity index is 432. The maximum absolute atomic E-state index is 14.0. The van der Waals surface area contributed by atoms with Gasteiger partial charge in [-0.1, -0.05) is 26.0 Å². The molecule has 0 heterocycles. The molecule has 4 heteroatoms. The highest BCUT2D eigenvalue weighted by Crippen LogP contribution is 2.24. The molecule has 0 bridgehead atoms. The van der Waals surface area contributed by atoms with Crippen LogP contribution in [0.4, 0.5) is 8.78 Å². The fourth-order valence-electron chi connectivity index (χ4n) is 2.10. The molecular formula is C16H26F2N2. The molecular weight excluding hydrogens is 258 g/mol. The van der Waals surface area contributed by atoms with E-state index in [0.717, 1.165) is 12.5 Å². The fourth-order valence-corrected chi connectivity index (χ4v) is 2.10. The molecule has 1 atom stereocenters. The second-order valence-electron chi connectivity index (χ2n) is 5.80. The molecule has 0 aliphatic heterocycles. The number of benzene rings is 1. The van der Waals surface area contributed by atoms with E-state index in [2.05, 4.69) is 31.0 Å². The number of nitrogens with one attached hydrogen (secondary N) is 1. The summed E-state index contributed by atoms with van der Waals surface area (Å²) < 4.78 is 27.4. The molecule has 2 nitrogen and oxygen atoms in total. The van der Waals surface area contributed by atoms with Crippen LogP contribution in [0.2, 0.25) is 0 Å². The van der Waals surface area contributed by atoms with Crippen molar-refractivity contribution in [3.63, 3.8) is 0 Å². The molecule has 1 aromatic carbocycles. The highest BCUT2D eigenvalue weighted by Gasteiger charge is 2.26. The zero-order valence-electron chi connectivity index (χ0n) is 13.1. The van der Waals surface area contributed by atoms with Crippen molar-refractivity contribution < 1.29 is 8.78 Å². The minimum absolute atomic E-state index is 0.0253. The van der Waals surface area contributed by atoms with Crippen LogP contribution in [0.1, 0.15) is 45.7 Å². The van der Waals surface area contributed by atoms with E-state index in [1.807, 2.05) is 14.0 Å². The van der Waals surface area contributed by atoms with E-state index in [1.54, 1.807) is 12.1 Å². The van der Waals surface area contributed by atoms with Crippen LogP contribution in [0.5, 0.6) is 0 Å². The Morgan fingerprint density at radius 3 is 2.45 bits per heavy atom. The lowest BCUT2D eigenvalue weighted by Gasteiger charge is -2.37. The van der Waals surface area contributed by atoms with Crippen LogP contribution in [-0.4, -0.2) is 30.6 Å². The summed E-state index contributed by atoms with van der Waals surface area (Å²) in [5.41, 5.74) is 0.419. The van der Waals surface area contributed by atoms with E-state index in [9.17, 15) is 8.78 Å². The zero-order valence-corrected chi connectivity index (χ0v) is 13.1. The number of halogens is 2. The number of rotatable bonds is 7. The second kappa shape index (κ2) is 7.14. The lowest BCUT2D eigenvalue weighted by Crippen LogP contribution is -2.45. The van der Waals surface area contributed by atoms with Crippen molar-refractivity contribution in [1.29, 1.82) is 0 Å². The number of nitrogens with zero attached hydrogens (tertiary/aromatic N) is 1. The van der Waals surface area contributed by atoms with E-state index in [-0.39, 0.29) is 11.6 Å². The van der Waals surface area contributed by atoms with Gasteiger partial charge in [0.05, 0.1) is 0 Å². The Balaban J connectivity index is 2.97. The summed E-state index contributed by atoms with van der Waals surface area (Å²) in [4.78, 5) is 2.19. The zero-order chi connectivity index (χ0) is 15.3. The molecule has 0 fully saturated rings. The molecule has 1 N–H and O–H groups in total. The largest absolute Gasteiger partial charge is 0.309 e. The van der Waals surface area contributed by atoms with Crippen molar-refractivity contribution in [2.75, 3.05) is 20.1 Å². The molecule has 114 valence electrons. The summed E-state index contributed by atoms with van der Waals surface area (Å²) in [6.45, 7) is 9.74. The fraction of sp³-hybridized carbons (Fsp3) is 0.625. The first kappa shape index (κ1) is 17.1. The SMILES string of the molecule is CCNC(CN(C)C(C)(C)CC)c1cccc(F)c1F. The van der Waals surface area contributed by atoms with E-state index in [1.165, 1.54) is 0 Å². The Morgan fingerprint density at radius 1 is 1.25 bits per heavy atom.